The van der Waals surface area contributed by atoms with E-state index in [0.717, 1.165) is 12.1 Å². The topological polar surface area (TPSA) is 63.6 Å². The van der Waals surface area contributed by atoms with Crippen LogP contribution in [0.4, 0.5) is 4.39 Å². The number of hydrogen-bond donors (Lipinski definition) is 1. The monoisotopic (exact) mass is 316 g/mol. The largest absolute Gasteiger partial charge is 0.464 e. The van der Waals surface area contributed by atoms with Crippen molar-refractivity contribution in [3.05, 3.63) is 71.5 Å². The van der Waals surface area contributed by atoms with Crippen molar-refractivity contribution in [2.75, 3.05) is 6.61 Å². The molecular weight excluding hydrogens is 299 g/mol. The third-order valence-corrected chi connectivity index (χ3v) is 3.45. The molecule has 0 aliphatic carbocycles. The van der Waals surface area contributed by atoms with E-state index in [-0.39, 0.29) is 17.7 Å². The first-order valence-corrected chi connectivity index (χ1v) is 7.21. The predicted molar refractivity (Wildman–Crippen MR) is 82.3 cm³/mol. The van der Waals surface area contributed by atoms with E-state index in [1.54, 1.807) is 37.3 Å². The lowest BCUT2D eigenvalue weighted by Crippen LogP contribution is -2.39. The van der Waals surface area contributed by atoms with Crippen molar-refractivity contribution in [2.45, 2.75) is 18.9 Å². The minimum atomic E-state index is -2.08. The molecule has 0 saturated carbocycles. The molecule has 0 aliphatic heterocycles. The average molecular weight is 316 g/mol. The van der Waals surface area contributed by atoms with E-state index in [2.05, 4.69) is 0 Å². The van der Waals surface area contributed by atoms with E-state index >= 15 is 0 Å². The molecule has 0 heterocycles. The maximum atomic E-state index is 12.9. The van der Waals surface area contributed by atoms with Crippen LogP contribution in [0.25, 0.3) is 0 Å². The van der Waals surface area contributed by atoms with Gasteiger partial charge < -0.3 is 9.84 Å². The van der Waals surface area contributed by atoms with Gasteiger partial charge in [-0.2, -0.15) is 0 Å². The molecule has 2 aromatic rings. The van der Waals surface area contributed by atoms with E-state index < -0.39 is 29.6 Å². The first-order valence-electron chi connectivity index (χ1n) is 7.21. The minimum absolute atomic E-state index is 0.0821. The number of Topliss-reactive ketones (excluding diaryl/α,β-unsaturated/α-hetero) is 1. The van der Waals surface area contributed by atoms with E-state index in [9.17, 15) is 19.1 Å². The molecule has 1 N–H and O–H groups in total. The lowest BCUT2D eigenvalue weighted by molar-refractivity contribution is -0.166. The van der Waals surface area contributed by atoms with Gasteiger partial charge in [0.25, 0.3) is 0 Å². The number of carbonyl (C=O) groups excluding carboxylic acids is 2. The number of benzene rings is 2. The Balaban J connectivity index is 2.33. The molecule has 0 saturated heterocycles. The third-order valence-electron chi connectivity index (χ3n) is 3.45. The van der Waals surface area contributed by atoms with Gasteiger partial charge in [-0.15, -0.1) is 0 Å². The van der Waals surface area contributed by atoms with Gasteiger partial charge in [-0.1, -0.05) is 30.3 Å². The molecule has 1 atom stereocenters. The smallest absolute Gasteiger partial charge is 0.343 e. The second-order valence-corrected chi connectivity index (χ2v) is 5.05. The molecular formula is C18H17FO4. The van der Waals surface area contributed by atoms with Crippen LogP contribution in [0.2, 0.25) is 0 Å². The molecule has 5 heteroatoms. The van der Waals surface area contributed by atoms with Gasteiger partial charge in [0.1, 0.15) is 5.82 Å². The highest BCUT2D eigenvalue weighted by atomic mass is 19.1. The summed E-state index contributed by atoms with van der Waals surface area (Å²) in [6.45, 7) is 1.70. The second kappa shape index (κ2) is 7.15. The number of ketones is 1. The highest BCUT2D eigenvalue weighted by molar-refractivity contribution is 6.00. The van der Waals surface area contributed by atoms with Crippen LogP contribution in [-0.2, 0) is 15.1 Å². The van der Waals surface area contributed by atoms with Gasteiger partial charge in [0.2, 0.25) is 0 Å². The first kappa shape index (κ1) is 16.8. The molecule has 0 aromatic heterocycles. The summed E-state index contributed by atoms with van der Waals surface area (Å²) in [4.78, 5) is 24.6. The fraction of sp³-hybridized carbons (Fsp3) is 0.222. The number of rotatable bonds is 6. The van der Waals surface area contributed by atoms with Crippen LogP contribution < -0.4 is 0 Å². The Labute approximate surface area is 133 Å². The van der Waals surface area contributed by atoms with Crippen LogP contribution in [0.15, 0.2) is 54.6 Å². The van der Waals surface area contributed by atoms with Crippen LogP contribution in [0.5, 0.6) is 0 Å². The average Bonchev–Trinajstić information content (AvgIpc) is 2.56. The highest BCUT2D eigenvalue weighted by Gasteiger charge is 2.41. The zero-order chi connectivity index (χ0) is 16.9. The summed E-state index contributed by atoms with van der Waals surface area (Å²) >= 11 is 0. The van der Waals surface area contributed by atoms with Crippen LogP contribution in [-0.4, -0.2) is 23.5 Å². The van der Waals surface area contributed by atoms with Crippen LogP contribution in [0.3, 0.4) is 0 Å². The van der Waals surface area contributed by atoms with Crippen molar-refractivity contribution in [2.24, 2.45) is 0 Å². The molecule has 0 radical (unpaired) electrons. The summed E-state index contributed by atoms with van der Waals surface area (Å²) in [6.07, 6.45) is -0.485. The second-order valence-electron chi connectivity index (χ2n) is 5.05. The zero-order valence-electron chi connectivity index (χ0n) is 12.7. The number of carbonyl (C=O) groups is 2. The van der Waals surface area contributed by atoms with Crippen LogP contribution >= 0.6 is 0 Å². The molecule has 0 aliphatic rings. The van der Waals surface area contributed by atoms with Gasteiger partial charge in [-0.05, 0) is 36.8 Å². The molecule has 0 bridgehead atoms. The maximum Gasteiger partial charge on any atom is 0.343 e. The molecule has 2 rings (SSSR count). The number of esters is 1. The number of ether oxygens (including phenoxy) is 1. The Morgan fingerprint density at radius 1 is 1.09 bits per heavy atom. The standard InChI is InChI=1S/C18H17FO4/c1-2-23-17(21)18(22,14-6-4-3-5-7-14)12-16(20)13-8-10-15(19)11-9-13/h3-11,22H,2,12H2,1H3. The summed E-state index contributed by atoms with van der Waals surface area (Å²) < 4.78 is 17.9. The van der Waals surface area contributed by atoms with Gasteiger partial charge in [0.15, 0.2) is 11.4 Å². The van der Waals surface area contributed by atoms with Crippen molar-refractivity contribution < 1.29 is 23.8 Å². The Kier molecular flexibility index (Phi) is 5.24. The highest BCUT2D eigenvalue weighted by Crippen LogP contribution is 2.28. The Morgan fingerprint density at radius 2 is 1.70 bits per heavy atom. The normalized spacial score (nSPS) is 13.2. The van der Waals surface area contributed by atoms with Gasteiger partial charge in [-0.3, -0.25) is 4.79 Å². The summed E-state index contributed by atoms with van der Waals surface area (Å²) in [5, 5.41) is 10.8. The van der Waals surface area contributed by atoms with Gasteiger partial charge in [0, 0.05) is 5.56 Å². The molecule has 120 valence electrons. The fourth-order valence-corrected chi connectivity index (χ4v) is 2.23. The lowest BCUT2D eigenvalue weighted by atomic mass is 9.87. The van der Waals surface area contributed by atoms with Crippen molar-refractivity contribution in [1.29, 1.82) is 0 Å². The Morgan fingerprint density at radius 3 is 2.26 bits per heavy atom. The number of hydrogen-bond acceptors (Lipinski definition) is 4. The predicted octanol–water partition coefficient (Wildman–Crippen LogP) is 2.85. The number of aliphatic hydroxyl groups is 1. The maximum absolute atomic E-state index is 12.9. The fourth-order valence-electron chi connectivity index (χ4n) is 2.23. The SMILES string of the molecule is CCOC(=O)C(O)(CC(=O)c1ccc(F)cc1)c1ccccc1. The van der Waals surface area contributed by atoms with E-state index in [4.69, 9.17) is 4.74 Å². The summed E-state index contributed by atoms with van der Waals surface area (Å²) in [6, 6.07) is 13.1. The summed E-state index contributed by atoms with van der Waals surface area (Å²) in [7, 11) is 0. The van der Waals surface area contributed by atoms with E-state index in [0.29, 0.717) is 0 Å². The Hall–Kier alpha value is -2.53. The molecule has 0 fully saturated rings. The van der Waals surface area contributed by atoms with E-state index in [1.807, 2.05) is 0 Å². The van der Waals surface area contributed by atoms with Crippen molar-refractivity contribution in [1.82, 2.24) is 0 Å². The number of halogens is 1. The van der Waals surface area contributed by atoms with Crippen LogP contribution in [0, 0.1) is 5.82 Å². The molecule has 1 unspecified atom stereocenters. The van der Waals surface area contributed by atoms with E-state index in [1.165, 1.54) is 12.1 Å². The van der Waals surface area contributed by atoms with Gasteiger partial charge in [-0.25, -0.2) is 9.18 Å². The summed E-state index contributed by atoms with van der Waals surface area (Å²) in [5.74, 6) is -1.84. The molecule has 0 spiro atoms. The molecule has 4 nitrogen and oxygen atoms in total. The first-order chi connectivity index (χ1) is 11.0. The van der Waals surface area contributed by atoms with Crippen LogP contribution in [0.1, 0.15) is 29.3 Å². The Bertz CT molecular complexity index is 682. The molecule has 2 aromatic carbocycles. The van der Waals surface area contributed by atoms with Gasteiger partial charge in [0.05, 0.1) is 13.0 Å². The zero-order valence-corrected chi connectivity index (χ0v) is 12.7. The van der Waals surface area contributed by atoms with Crippen molar-refractivity contribution in [3.63, 3.8) is 0 Å². The lowest BCUT2D eigenvalue weighted by Gasteiger charge is -2.25. The molecule has 0 amide bonds. The van der Waals surface area contributed by atoms with Gasteiger partial charge >= 0.3 is 5.97 Å². The minimum Gasteiger partial charge on any atom is -0.464 e. The summed E-state index contributed by atoms with van der Waals surface area (Å²) in [5.41, 5.74) is -1.60. The van der Waals surface area contributed by atoms with Crippen molar-refractivity contribution >= 4 is 11.8 Å². The third kappa shape index (κ3) is 3.81. The quantitative estimate of drug-likeness (QED) is 0.657. The molecule has 23 heavy (non-hydrogen) atoms. The van der Waals surface area contributed by atoms with Crippen molar-refractivity contribution in [3.8, 4) is 0 Å².